The van der Waals surface area contributed by atoms with Gasteiger partial charge in [0.2, 0.25) is 0 Å². The van der Waals surface area contributed by atoms with Crippen molar-refractivity contribution in [3.05, 3.63) is 60.2 Å². The molecule has 2 aromatic rings. The molecule has 0 heterocycles. The van der Waals surface area contributed by atoms with Crippen molar-refractivity contribution in [3.8, 4) is 11.5 Å². The van der Waals surface area contributed by atoms with Crippen molar-refractivity contribution in [3.63, 3.8) is 0 Å². The molecule has 3 nitrogen and oxygen atoms in total. The highest BCUT2D eigenvalue weighted by atomic mass is 19.4. The zero-order chi connectivity index (χ0) is 15.5. The Morgan fingerprint density at radius 1 is 0.952 bits per heavy atom. The summed E-state index contributed by atoms with van der Waals surface area (Å²) in [5.41, 5.74) is -0.338. The topological polar surface area (TPSA) is 46.5 Å². The molecule has 21 heavy (non-hydrogen) atoms. The largest absolute Gasteiger partial charge is 0.481 e. The van der Waals surface area contributed by atoms with Crippen molar-refractivity contribution >= 4 is 5.97 Å². The highest BCUT2D eigenvalue weighted by Gasteiger charge is 2.46. The summed E-state index contributed by atoms with van der Waals surface area (Å²) in [5.74, 6) is -3.60. The van der Waals surface area contributed by atoms with Crippen LogP contribution in [0.4, 0.5) is 13.2 Å². The molecule has 1 atom stereocenters. The second kappa shape index (κ2) is 5.87. The second-order valence-electron chi connectivity index (χ2n) is 4.30. The Labute approximate surface area is 118 Å². The zero-order valence-electron chi connectivity index (χ0n) is 10.7. The standard InChI is InChI=1S/C15H11F3O3/c16-15(17,18)13(14(19)20)10-6-8-12(9-7-10)21-11-4-2-1-3-5-11/h1-9,13H,(H,19,20). The van der Waals surface area contributed by atoms with Crippen LogP contribution in [0.25, 0.3) is 0 Å². The maximum atomic E-state index is 12.7. The summed E-state index contributed by atoms with van der Waals surface area (Å²) in [7, 11) is 0. The lowest BCUT2D eigenvalue weighted by Crippen LogP contribution is -2.28. The average molecular weight is 296 g/mol. The molecule has 1 N–H and O–H groups in total. The van der Waals surface area contributed by atoms with Crippen LogP contribution >= 0.6 is 0 Å². The molecular formula is C15H11F3O3. The van der Waals surface area contributed by atoms with Crippen molar-refractivity contribution in [2.75, 3.05) is 0 Å². The van der Waals surface area contributed by atoms with Crippen LogP contribution in [0.5, 0.6) is 11.5 Å². The minimum absolute atomic E-state index is 0.330. The molecule has 0 saturated heterocycles. The van der Waals surface area contributed by atoms with Crippen LogP contribution in [-0.2, 0) is 4.79 Å². The van der Waals surface area contributed by atoms with Crippen molar-refractivity contribution in [1.82, 2.24) is 0 Å². The van der Waals surface area contributed by atoms with Crippen LogP contribution in [-0.4, -0.2) is 17.3 Å². The fourth-order valence-electron chi connectivity index (χ4n) is 1.82. The quantitative estimate of drug-likeness (QED) is 0.919. The van der Waals surface area contributed by atoms with Gasteiger partial charge < -0.3 is 9.84 Å². The predicted octanol–water partition coefficient (Wildman–Crippen LogP) is 4.21. The van der Waals surface area contributed by atoms with Gasteiger partial charge in [-0.2, -0.15) is 13.2 Å². The van der Waals surface area contributed by atoms with Gasteiger partial charge in [0.25, 0.3) is 0 Å². The smallest absolute Gasteiger partial charge is 0.406 e. The highest BCUT2D eigenvalue weighted by Crippen LogP contribution is 2.36. The van der Waals surface area contributed by atoms with E-state index in [-0.39, 0.29) is 5.56 Å². The number of halogens is 3. The maximum absolute atomic E-state index is 12.7. The Balaban J connectivity index is 2.20. The van der Waals surface area contributed by atoms with E-state index in [1.807, 2.05) is 0 Å². The Bertz CT molecular complexity index is 606. The number of aliphatic carboxylic acids is 1. The molecule has 2 rings (SSSR count). The fourth-order valence-corrected chi connectivity index (χ4v) is 1.82. The molecule has 0 aliphatic rings. The molecule has 1 unspecified atom stereocenters. The Morgan fingerprint density at radius 3 is 1.95 bits per heavy atom. The number of carboxylic acid groups (broad SMARTS) is 1. The first-order chi connectivity index (χ1) is 9.88. The number of hydrogen-bond donors (Lipinski definition) is 1. The molecule has 0 aliphatic carbocycles. The Morgan fingerprint density at radius 2 is 1.48 bits per heavy atom. The molecule has 0 spiro atoms. The Kier molecular flexibility index (Phi) is 4.16. The normalized spacial score (nSPS) is 12.7. The zero-order valence-corrected chi connectivity index (χ0v) is 10.7. The van der Waals surface area contributed by atoms with E-state index in [9.17, 15) is 18.0 Å². The third kappa shape index (κ3) is 3.75. The molecule has 0 fully saturated rings. The van der Waals surface area contributed by atoms with Crippen molar-refractivity contribution in [2.45, 2.75) is 12.1 Å². The summed E-state index contributed by atoms with van der Waals surface area (Å²) in [6.45, 7) is 0. The third-order valence-electron chi connectivity index (χ3n) is 2.77. The lowest BCUT2D eigenvalue weighted by atomic mass is 9.99. The van der Waals surface area contributed by atoms with Crippen LogP contribution in [0.1, 0.15) is 11.5 Å². The van der Waals surface area contributed by atoms with Gasteiger partial charge in [0.05, 0.1) is 0 Å². The number of alkyl halides is 3. The first kappa shape index (κ1) is 14.9. The van der Waals surface area contributed by atoms with Crippen molar-refractivity contribution < 1.29 is 27.8 Å². The van der Waals surface area contributed by atoms with E-state index in [1.165, 1.54) is 12.1 Å². The van der Waals surface area contributed by atoms with E-state index in [1.54, 1.807) is 30.3 Å². The number of rotatable bonds is 4. The first-order valence-corrected chi connectivity index (χ1v) is 6.00. The van der Waals surface area contributed by atoms with E-state index in [0.29, 0.717) is 11.5 Å². The predicted molar refractivity (Wildman–Crippen MR) is 69.4 cm³/mol. The summed E-state index contributed by atoms with van der Waals surface area (Å²) in [4.78, 5) is 10.8. The molecule has 2 aromatic carbocycles. The number of carbonyl (C=O) groups is 1. The lowest BCUT2D eigenvalue weighted by Gasteiger charge is -2.16. The first-order valence-electron chi connectivity index (χ1n) is 6.00. The molecule has 0 amide bonds. The molecule has 0 saturated carbocycles. The van der Waals surface area contributed by atoms with E-state index in [2.05, 4.69) is 0 Å². The second-order valence-corrected chi connectivity index (χ2v) is 4.30. The fraction of sp³-hybridized carbons (Fsp3) is 0.133. The van der Waals surface area contributed by atoms with Gasteiger partial charge >= 0.3 is 12.1 Å². The van der Waals surface area contributed by atoms with Crippen LogP contribution < -0.4 is 4.74 Å². The van der Waals surface area contributed by atoms with Crippen molar-refractivity contribution in [1.29, 1.82) is 0 Å². The van der Waals surface area contributed by atoms with E-state index in [4.69, 9.17) is 9.84 Å². The van der Waals surface area contributed by atoms with Crippen LogP contribution in [0.15, 0.2) is 54.6 Å². The van der Waals surface area contributed by atoms with Gasteiger partial charge in [0.15, 0.2) is 5.92 Å². The van der Waals surface area contributed by atoms with Gasteiger partial charge in [-0.15, -0.1) is 0 Å². The number of para-hydroxylation sites is 1. The van der Waals surface area contributed by atoms with Gasteiger partial charge in [-0.25, -0.2) is 0 Å². The Hall–Kier alpha value is -2.50. The van der Waals surface area contributed by atoms with E-state index >= 15 is 0 Å². The molecule has 0 aromatic heterocycles. The summed E-state index contributed by atoms with van der Waals surface area (Å²) in [6.07, 6.45) is -4.84. The molecule has 110 valence electrons. The molecule has 0 radical (unpaired) electrons. The molecule has 0 aliphatic heterocycles. The van der Waals surface area contributed by atoms with Crippen LogP contribution in [0.2, 0.25) is 0 Å². The number of hydrogen-bond acceptors (Lipinski definition) is 2. The van der Waals surface area contributed by atoms with Gasteiger partial charge in [-0.05, 0) is 29.8 Å². The van der Waals surface area contributed by atoms with Gasteiger partial charge in [-0.1, -0.05) is 30.3 Å². The van der Waals surface area contributed by atoms with E-state index < -0.39 is 18.1 Å². The van der Waals surface area contributed by atoms with Gasteiger partial charge in [0, 0.05) is 0 Å². The van der Waals surface area contributed by atoms with Gasteiger partial charge in [-0.3, -0.25) is 4.79 Å². The number of benzene rings is 2. The van der Waals surface area contributed by atoms with Crippen molar-refractivity contribution in [2.24, 2.45) is 0 Å². The van der Waals surface area contributed by atoms with Crippen LogP contribution in [0, 0.1) is 0 Å². The minimum atomic E-state index is -4.84. The number of ether oxygens (including phenoxy) is 1. The third-order valence-corrected chi connectivity index (χ3v) is 2.77. The molecular weight excluding hydrogens is 285 g/mol. The molecule has 6 heteroatoms. The average Bonchev–Trinajstić information content (AvgIpc) is 2.40. The minimum Gasteiger partial charge on any atom is -0.481 e. The SMILES string of the molecule is O=C(O)C(c1ccc(Oc2ccccc2)cc1)C(F)(F)F. The van der Waals surface area contributed by atoms with Crippen LogP contribution in [0.3, 0.4) is 0 Å². The number of carboxylic acids is 1. The highest BCUT2D eigenvalue weighted by molar-refractivity contribution is 5.77. The maximum Gasteiger partial charge on any atom is 0.406 e. The summed E-state index contributed by atoms with van der Waals surface area (Å²) in [6, 6.07) is 13.5. The summed E-state index contributed by atoms with van der Waals surface area (Å²) >= 11 is 0. The van der Waals surface area contributed by atoms with Gasteiger partial charge in [0.1, 0.15) is 11.5 Å². The lowest BCUT2D eigenvalue weighted by molar-refractivity contribution is -0.176. The summed E-state index contributed by atoms with van der Waals surface area (Å²) < 4.78 is 43.5. The monoisotopic (exact) mass is 296 g/mol. The molecule has 0 bridgehead atoms. The summed E-state index contributed by atoms with van der Waals surface area (Å²) in [5, 5.41) is 8.72. The van der Waals surface area contributed by atoms with E-state index in [0.717, 1.165) is 12.1 Å².